The molecule has 0 N–H and O–H groups in total. The zero-order valence-electron chi connectivity index (χ0n) is 18.2. The van der Waals surface area contributed by atoms with Crippen LogP contribution in [0.5, 0.6) is 0 Å². The van der Waals surface area contributed by atoms with Crippen molar-refractivity contribution in [2.75, 3.05) is 6.61 Å². The predicted octanol–water partition coefficient (Wildman–Crippen LogP) is 7.89. The van der Waals surface area contributed by atoms with Gasteiger partial charge in [0.05, 0.1) is 17.1 Å². The van der Waals surface area contributed by atoms with Crippen LogP contribution in [-0.4, -0.2) is 15.0 Å². The van der Waals surface area contributed by atoms with E-state index in [2.05, 4.69) is 6.92 Å². The van der Waals surface area contributed by atoms with Gasteiger partial charge < -0.3 is 0 Å². The highest BCUT2D eigenvalue weighted by Gasteiger charge is 2.30. The number of unbranched alkanes of at least 4 members (excludes halogenated alkanes) is 13. The molecule has 0 aliphatic heterocycles. The van der Waals surface area contributed by atoms with E-state index in [1.807, 2.05) is 0 Å². The molecule has 0 radical (unpaired) electrons. The van der Waals surface area contributed by atoms with E-state index in [1.165, 1.54) is 64.2 Å². The minimum atomic E-state index is -4.49. The van der Waals surface area contributed by atoms with Gasteiger partial charge in [-0.2, -0.15) is 21.6 Å². The average molecular weight is 451 g/mol. The number of alkyl halides is 3. The zero-order chi connectivity index (χ0) is 22.3. The van der Waals surface area contributed by atoms with Crippen molar-refractivity contribution in [1.82, 2.24) is 0 Å². The number of halogens is 3. The van der Waals surface area contributed by atoms with Gasteiger partial charge in [-0.25, -0.2) is 0 Å². The second-order valence-corrected chi connectivity index (χ2v) is 9.51. The molecular weight excluding hydrogens is 413 g/mol. The van der Waals surface area contributed by atoms with Crippen LogP contribution in [0.15, 0.2) is 29.2 Å². The zero-order valence-corrected chi connectivity index (χ0v) is 19.0. The standard InChI is InChI=1S/C23H37F3O3S/c1-2-3-4-5-6-7-8-9-10-11-12-13-14-15-20-29-30(27,28)22-18-16-21(17-19-22)23(24,25)26/h16-19H,2-15,20H2,1H3. The largest absolute Gasteiger partial charge is 0.416 e. The van der Waals surface area contributed by atoms with Crippen molar-refractivity contribution in [3.05, 3.63) is 29.8 Å². The number of rotatable bonds is 17. The maximum absolute atomic E-state index is 12.5. The van der Waals surface area contributed by atoms with Crippen molar-refractivity contribution in [3.8, 4) is 0 Å². The summed E-state index contributed by atoms with van der Waals surface area (Å²) in [5.74, 6) is 0. The summed E-state index contributed by atoms with van der Waals surface area (Å²) in [4.78, 5) is -0.249. The first-order chi connectivity index (χ1) is 14.3. The van der Waals surface area contributed by atoms with E-state index >= 15 is 0 Å². The first-order valence-electron chi connectivity index (χ1n) is 11.3. The lowest BCUT2D eigenvalue weighted by atomic mass is 10.0. The average Bonchev–Trinajstić information content (AvgIpc) is 2.70. The molecule has 0 bridgehead atoms. The van der Waals surface area contributed by atoms with E-state index in [4.69, 9.17) is 4.18 Å². The summed E-state index contributed by atoms with van der Waals surface area (Å²) >= 11 is 0. The lowest BCUT2D eigenvalue weighted by Crippen LogP contribution is -2.09. The van der Waals surface area contributed by atoms with Crippen LogP contribution in [-0.2, 0) is 20.5 Å². The fourth-order valence-corrected chi connectivity index (χ4v) is 4.29. The van der Waals surface area contributed by atoms with Crippen LogP contribution < -0.4 is 0 Å². The van der Waals surface area contributed by atoms with Gasteiger partial charge in [-0.1, -0.05) is 90.4 Å². The molecule has 0 aliphatic rings. The SMILES string of the molecule is CCCCCCCCCCCCCCCCOS(=O)(=O)c1ccc(C(F)(F)F)cc1. The molecule has 30 heavy (non-hydrogen) atoms. The molecule has 1 rings (SSSR count). The molecule has 0 aliphatic carbocycles. The Hall–Kier alpha value is -1.08. The molecule has 0 amide bonds. The van der Waals surface area contributed by atoms with Crippen LogP contribution in [0.2, 0.25) is 0 Å². The highest BCUT2D eigenvalue weighted by Crippen LogP contribution is 2.30. The minimum Gasteiger partial charge on any atom is -0.266 e. The van der Waals surface area contributed by atoms with Crippen molar-refractivity contribution < 1.29 is 25.8 Å². The van der Waals surface area contributed by atoms with Crippen molar-refractivity contribution in [2.45, 2.75) is 108 Å². The Morgan fingerprint density at radius 2 is 1.10 bits per heavy atom. The molecule has 0 aromatic heterocycles. The number of benzene rings is 1. The molecule has 0 saturated carbocycles. The molecule has 0 saturated heterocycles. The van der Waals surface area contributed by atoms with Gasteiger partial charge in [0.2, 0.25) is 0 Å². The summed E-state index contributed by atoms with van der Waals surface area (Å²) < 4.78 is 66.6. The van der Waals surface area contributed by atoms with Crippen molar-refractivity contribution in [3.63, 3.8) is 0 Å². The Morgan fingerprint density at radius 1 is 0.700 bits per heavy atom. The molecule has 3 nitrogen and oxygen atoms in total. The normalized spacial score (nSPS) is 12.4. The van der Waals surface area contributed by atoms with Gasteiger partial charge in [0.1, 0.15) is 0 Å². The number of hydrogen-bond donors (Lipinski definition) is 0. The highest BCUT2D eigenvalue weighted by molar-refractivity contribution is 7.86. The molecule has 0 atom stereocenters. The monoisotopic (exact) mass is 450 g/mol. The molecular formula is C23H37F3O3S. The van der Waals surface area contributed by atoms with E-state index in [0.29, 0.717) is 6.42 Å². The molecule has 1 aromatic rings. The summed E-state index contributed by atoms with van der Waals surface area (Å²) in [6.45, 7) is 2.29. The topological polar surface area (TPSA) is 43.4 Å². The summed E-state index contributed by atoms with van der Waals surface area (Å²) in [5.41, 5.74) is -0.881. The molecule has 174 valence electrons. The third-order valence-corrected chi connectivity index (χ3v) is 6.53. The fourth-order valence-electron chi connectivity index (χ4n) is 3.34. The van der Waals surface area contributed by atoms with Crippen LogP contribution in [0.25, 0.3) is 0 Å². The summed E-state index contributed by atoms with van der Waals surface area (Å²) in [5, 5.41) is 0. The molecule has 0 spiro atoms. The Kier molecular flexibility index (Phi) is 13.3. The quantitative estimate of drug-likeness (QED) is 0.179. The minimum absolute atomic E-state index is 0.0569. The lowest BCUT2D eigenvalue weighted by molar-refractivity contribution is -0.137. The smallest absolute Gasteiger partial charge is 0.266 e. The maximum Gasteiger partial charge on any atom is 0.416 e. The summed E-state index contributed by atoms with van der Waals surface area (Å²) in [6.07, 6.45) is 12.4. The first-order valence-corrected chi connectivity index (χ1v) is 12.7. The highest BCUT2D eigenvalue weighted by atomic mass is 32.2. The van der Waals surface area contributed by atoms with Gasteiger partial charge >= 0.3 is 6.18 Å². The second kappa shape index (κ2) is 14.8. The van der Waals surface area contributed by atoms with Crippen LogP contribution in [0.4, 0.5) is 13.2 Å². The van der Waals surface area contributed by atoms with Crippen molar-refractivity contribution >= 4 is 10.1 Å². The second-order valence-electron chi connectivity index (χ2n) is 7.89. The van der Waals surface area contributed by atoms with E-state index in [1.54, 1.807) is 0 Å². The molecule has 1 aromatic carbocycles. The molecule has 7 heteroatoms. The third-order valence-electron chi connectivity index (χ3n) is 5.21. The first kappa shape index (κ1) is 27.0. The Bertz CT molecular complexity index is 655. The van der Waals surface area contributed by atoms with Gasteiger partial charge in [0.25, 0.3) is 10.1 Å². The van der Waals surface area contributed by atoms with E-state index < -0.39 is 21.9 Å². The third kappa shape index (κ3) is 11.9. The Balaban J connectivity index is 2.03. The van der Waals surface area contributed by atoms with Crippen LogP contribution in [0.3, 0.4) is 0 Å². The van der Waals surface area contributed by atoms with Gasteiger partial charge in [-0.3, -0.25) is 4.18 Å². The van der Waals surface area contributed by atoms with E-state index in [-0.39, 0.29) is 11.5 Å². The van der Waals surface area contributed by atoms with Crippen LogP contribution in [0, 0.1) is 0 Å². The van der Waals surface area contributed by atoms with Crippen LogP contribution >= 0.6 is 0 Å². The Morgan fingerprint density at radius 3 is 1.50 bits per heavy atom. The van der Waals surface area contributed by atoms with Crippen molar-refractivity contribution in [2.24, 2.45) is 0 Å². The van der Waals surface area contributed by atoms with Gasteiger partial charge in [-0.15, -0.1) is 0 Å². The molecule has 0 unspecified atom stereocenters. The Labute approximate surface area is 180 Å². The fraction of sp³-hybridized carbons (Fsp3) is 0.739. The van der Waals surface area contributed by atoms with Gasteiger partial charge in [0.15, 0.2) is 0 Å². The van der Waals surface area contributed by atoms with Gasteiger partial charge in [-0.05, 0) is 30.7 Å². The van der Waals surface area contributed by atoms with Crippen molar-refractivity contribution in [1.29, 1.82) is 0 Å². The maximum atomic E-state index is 12.5. The van der Waals surface area contributed by atoms with Crippen LogP contribution in [0.1, 0.15) is 102 Å². The van der Waals surface area contributed by atoms with Gasteiger partial charge in [0, 0.05) is 0 Å². The lowest BCUT2D eigenvalue weighted by Gasteiger charge is -2.09. The van der Waals surface area contributed by atoms with E-state index in [0.717, 1.165) is 43.5 Å². The van der Waals surface area contributed by atoms with E-state index in [9.17, 15) is 21.6 Å². The summed E-state index contributed by atoms with van der Waals surface area (Å²) in [6, 6.07) is 3.37. The predicted molar refractivity (Wildman–Crippen MR) is 115 cm³/mol. The molecule has 0 fully saturated rings. The summed E-state index contributed by atoms with van der Waals surface area (Å²) in [7, 11) is -4.01. The number of hydrogen-bond acceptors (Lipinski definition) is 3. The molecule has 0 heterocycles.